The number of benzene rings is 2. The van der Waals surface area contributed by atoms with E-state index in [0.29, 0.717) is 5.56 Å². The lowest BCUT2D eigenvalue weighted by molar-refractivity contribution is 0.0987. The fraction of sp³-hybridized carbons (Fsp3) is 0.133. The van der Waals surface area contributed by atoms with Gasteiger partial charge in [-0.25, -0.2) is 13.2 Å². The van der Waals surface area contributed by atoms with Gasteiger partial charge < -0.3 is 0 Å². The first-order valence-corrected chi connectivity index (χ1v) is 5.71. The zero-order chi connectivity index (χ0) is 14.0. The molecule has 0 spiro atoms. The Morgan fingerprint density at radius 3 is 2.58 bits per heavy atom. The van der Waals surface area contributed by atoms with E-state index < -0.39 is 23.2 Å². The molecule has 0 saturated carbocycles. The number of halogens is 3. The molecule has 2 aromatic carbocycles. The van der Waals surface area contributed by atoms with Crippen molar-refractivity contribution in [3.05, 3.63) is 70.5 Å². The molecule has 0 radical (unpaired) electrons. The van der Waals surface area contributed by atoms with Crippen LogP contribution in [0.2, 0.25) is 0 Å². The quantitative estimate of drug-likeness (QED) is 0.770. The van der Waals surface area contributed by atoms with E-state index in [0.717, 1.165) is 18.2 Å². The van der Waals surface area contributed by atoms with Crippen molar-refractivity contribution in [1.82, 2.24) is 0 Å². The van der Waals surface area contributed by atoms with Crippen LogP contribution in [0.15, 0.2) is 36.4 Å². The van der Waals surface area contributed by atoms with Crippen LogP contribution in [0, 0.1) is 24.4 Å². The van der Waals surface area contributed by atoms with Gasteiger partial charge in [0.25, 0.3) is 0 Å². The van der Waals surface area contributed by atoms with Gasteiger partial charge in [-0.05, 0) is 42.3 Å². The van der Waals surface area contributed by atoms with Crippen molar-refractivity contribution in [2.75, 3.05) is 0 Å². The van der Waals surface area contributed by atoms with Crippen LogP contribution in [0.25, 0.3) is 0 Å². The van der Waals surface area contributed by atoms with Gasteiger partial charge in [0, 0.05) is 6.42 Å². The molecule has 0 bridgehead atoms. The van der Waals surface area contributed by atoms with Crippen LogP contribution in [-0.4, -0.2) is 5.78 Å². The highest BCUT2D eigenvalue weighted by atomic mass is 19.1. The van der Waals surface area contributed by atoms with Gasteiger partial charge in [0.05, 0.1) is 5.56 Å². The van der Waals surface area contributed by atoms with Crippen molar-refractivity contribution in [2.45, 2.75) is 13.3 Å². The van der Waals surface area contributed by atoms with E-state index in [9.17, 15) is 18.0 Å². The van der Waals surface area contributed by atoms with Crippen LogP contribution < -0.4 is 0 Å². The Bertz CT molecular complexity index is 635. The first-order valence-electron chi connectivity index (χ1n) is 5.71. The maximum absolute atomic E-state index is 13.7. The van der Waals surface area contributed by atoms with Crippen molar-refractivity contribution in [3.8, 4) is 0 Å². The highest BCUT2D eigenvalue weighted by Gasteiger charge is 2.16. The maximum atomic E-state index is 13.7. The van der Waals surface area contributed by atoms with E-state index in [1.807, 2.05) is 0 Å². The molecule has 0 aliphatic rings. The highest BCUT2D eigenvalue weighted by molar-refractivity contribution is 5.97. The lowest BCUT2D eigenvalue weighted by Crippen LogP contribution is -2.08. The first-order chi connectivity index (χ1) is 8.99. The molecule has 0 N–H and O–H groups in total. The Morgan fingerprint density at radius 2 is 1.84 bits per heavy atom. The lowest BCUT2D eigenvalue weighted by Gasteiger charge is -2.06. The Balaban J connectivity index is 2.31. The molecule has 2 aromatic rings. The van der Waals surface area contributed by atoms with Crippen molar-refractivity contribution >= 4 is 5.78 Å². The molecule has 0 aliphatic carbocycles. The third-order valence-electron chi connectivity index (χ3n) is 2.85. The van der Waals surface area contributed by atoms with Crippen molar-refractivity contribution in [1.29, 1.82) is 0 Å². The smallest absolute Gasteiger partial charge is 0.170 e. The van der Waals surface area contributed by atoms with E-state index in [2.05, 4.69) is 0 Å². The number of aryl methyl sites for hydroxylation is 1. The second kappa shape index (κ2) is 5.26. The Labute approximate surface area is 108 Å². The molecule has 0 amide bonds. The Hall–Kier alpha value is -2.10. The summed E-state index contributed by atoms with van der Waals surface area (Å²) in [7, 11) is 0. The van der Waals surface area contributed by atoms with E-state index in [1.54, 1.807) is 6.07 Å². The molecule has 4 heteroatoms. The van der Waals surface area contributed by atoms with E-state index in [1.165, 1.54) is 19.1 Å². The molecular formula is C15H11F3O. The SMILES string of the molecule is Cc1cccc(C(=O)Cc2cc(F)ccc2F)c1F. The molecule has 0 aliphatic heterocycles. The molecule has 0 heterocycles. The van der Waals surface area contributed by atoms with Crippen LogP contribution >= 0.6 is 0 Å². The van der Waals surface area contributed by atoms with Gasteiger partial charge in [-0.15, -0.1) is 0 Å². The number of carbonyl (C=O) groups is 1. The van der Waals surface area contributed by atoms with Crippen LogP contribution in [-0.2, 0) is 6.42 Å². The zero-order valence-electron chi connectivity index (χ0n) is 10.2. The molecule has 2 rings (SSSR count). The summed E-state index contributed by atoms with van der Waals surface area (Å²) in [4.78, 5) is 11.9. The predicted octanol–water partition coefficient (Wildman–Crippen LogP) is 3.84. The lowest BCUT2D eigenvalue weighted by atomic mass is 10.0. The standard InChI is InChI=1S/C15H11F3O/c1-9-3-2-4-12(15(9)18)14(19)8-10-7-11(16)5-6-13(10)17/h2-7H,8H2,1H3. The number of ketones is 1. The Kier molecular flexibility index (Phi) is 3.69. The largest absolute Gasteiger partial charge is 0.294 e. The van der Waals surface area contributed by atoms with Crippen LogP contribution in [0.5, 0.6) is 0 Å². The van der Waals surface area contributed by atoms with Crippen molar-refractivity contribution in [3.63, 3.8) is 0 Å². The Morgan fingerprint density at radius 1 is 1.11 bits per heavy atom. The summed E-state index contributed by atoms with van der Waals surface area (Å²) in [6, 6.07) is 7.28. The topological polar surface area (TPSA) is 17.1 Å². The normalized spacial score (nSPS) is 10.5. The molecule has 19 heavy (non-hydrogen) atoms. The minimum Gasteiger partial charge on any atom is -0.294 e. The van der Waals surface area contributed by atoms with Crippen molar-refractivity contribution in [2.24, 2.45) is 0 Å². The monoisotopic (exact) mass is 264 g/mol. The van der Waals surface area contributed by atoms with Gasteiger partial charge >= 0.3 is 0 Å². The minimum atomic E-state index is -0.678. The molecule has 0 atom stereocenters. The summed E-state index contributed by atoms with van der Waals surface area (Å²) in [5.74, 6) is -2.51. The maximum Gasteiger partial charge on any atom is 0.170 e. The van der Waals surface area contributed by atoms with Gasteiger partial charge in [0.1, 0.15) is 17.5 Å². The van der Waals surface area contributed by atoms with Gasteiger partial charge in [0.15, 0.2) is 5.78 Å². The summed E-state index contributed by atoms with van der Waals surface area (Å²) < 4.78 is 40.2. The number of rotatable bonds is 3. The number of carbonyl (C=O) groups excluding carboxylic acids is 1. The van der Waals surface area contributed by atoms with Gasteiger partial charge in [0.2, 0.25) is 0 Å². The molecule has 0 saturated heterocycles. The van der Waals surface area contributed by atoms with E-state index in [-0.39, 0.29) is 17.5 Å². The second-order valence-electron chi connectivity index (χ2n) is 4.27. The fourth-order valence-corrected chi connectivity index (χ4v) is 1.81. The summed E-state index contributed by atoms with van der Waals surface area (Å²) in [6.45, 7) is 1.54. The minimum absolute atomic E-state index is 0.0779. The fourth-order valence-electron chi connectivity index (χ4n) is 1.81. The molecule has 0 unspecified atom stereocenters. The average molecular weight is 264 g/mol. The summed E-state index contributed by atoms with van der Waals surface area (Å²) >= 11 is 0. The third kappa shape index (κ3) is 2.84. The van der Waals surface area contributed by atoms with Crippen molar-refractivity contribution < 1.29 is 18.0 Å². The number of Topliss-reactive ketones (excluding diaryl/α,β-unsaturated/α-hetero) is 1. The number of hydrogen-bond acceptors (Lipinski definition) is 1. The van der Waals surface area contributed by atoms with E-state index in [4.69, 9.17) is 0 Å². The van der Waals surface area contributed by atoms with Crippen LogP contribution in [0.3, 0.4) is 0 Å². The molecule has 0 fully saturated rings. The van der Waals surface area contributed by atoms with Gasteiger partial charge in [-0.3, -0.25) is 4.79 Å². The molecule has 0 aromatic heterocycles. The van der Waals surface area contributed by atoms with E-state index >= 15 is 0 Å². The third-order valence-corrected chi connectivity index (χ3v) is 2.85. The van der Waals surface area contributed by atoms with Gasteiger partial charge in [-0.2, -0.15) is 0 Å². The number of hydrogen-bond donors (Lipinski definition) is 0. The predicted molar refractivity (Wildman–Crippen MR) is 65.5 cm³/mol. The zero-order valence-corrected chi connectivity index (χ0v) is 10.2. The van der Waals surface area contributed by atoms with Gasteiger partial charge in [-0.1, -0.05) is 12.1 Å². The van der Waals surface area contributed by atoms with Crippen LogP contribution in [0.4, 0.5) is 13.2 Å². The molecular weight excluding hydrogens is 253 g/mol. The average Bonchev–Trinajstić information content (AvgIpc) is 2.37. The summed E-state index contributed by atoms with van der Waals surface area (Å²) in [5.41, 5.74) is 0.153. The molecule has 98 valence electrons. The molecule has 1 nitrogen and oxygen atoms in total. The van der Waals surface area contributed by atoms with Crippen LogP contribution in [0.1, 0.15) is 21.5 Å². The summed E-state index contributed by atoms with van der Waals surface area (Å²) in [6.07, 6.45) is -0.371. The second-order valence-corrected chi connectivity index (χ2v) is 4.27. The summed E-state index contributed by atoms with van der Waals surface area (Å²) in [5, 5.41) is 0. The highest BCUT2D eigenvalue weighted by Crippen LogP contribution is 2.17. The first kappa shape index (κ1) is 13.3.